The fourth-order valence-electron chi connectivity index (χ4n) is 10.6. The lowest BCUT2D eigenvalue weighted by Gasteiger charge is -2.15. The lowest BCUT2D eigenvalue weighted by atomic mass is 9.98. The number of para-hydroxylation sites is 1. The molecule has 0 spiro atoms. The molecule has 0 radical (unpaired) electrons. The number of fused-ring (bicyclic) bond motifs is 9. The predicted molar refractivity (Wildman–Crippen MR) is 274 cm³/mol. The molecule has 0 atom stereocenters. The molecule has 0 saturated carbocycles. The highest BCUT2D eigenvalue weighted by Crippen LogP contribution is 2.50. The zero-order valence-electron chi connectivity index (χ0n) is 35.7. The van der Waals surface area contributed by atoms with Gasteiger partial charge in [-0.05, 0) is 110 Å². The molecule has 66 heavy (non-hydrogen) atoms. The van der Waals surface area contributed by atoms with Crippen LogP contribution in [-0.4, -0.2) is 19.1 Å². The molecule has 0 amide bonds. The first kappa shape index (κ1) is 36.6. The third-order valence-electron chi connectivity index (χ3n) is 13.7. The summed E-state index contributed by atoms with van der Waals surface area (Å²) >= 11 is 0. The number of aromatic nitrogens is 4. The molecular weight excluding hydrogens is 801 g/mol. The Morgan fingerprint density at radius 2 is 0.727 bits per heavy atom. The highest BCUT2D eigenvalue weighted by molar-refractivity contribution is 6.18. The molecule has 3 aromatic heterocycles. The summed E-state index contributed by atoms with van der Waals surface area (Å²) in [6.45, 7) is 0. The Balaban J connectivity index is 1.03. The first-order chi connectivity index (χ1) is 32.7. The van der Waals surface area contributed by atoms with Gasteiger partial charge in [0.15, 0.2) is 5.82 Å². The maximum Gasteiger partial charge on any atom is 0.162 e. The molecule has 4 heteroatoms. The van der Waals surface area contributed by atoms with Crippen molar-refractivity contribution in [3.63, 3.8) is 0 Å². The van der Waals surface area contributed by atoms with Crippen molar-refractivity contribution >= 4 is 54.4 Å². The number of benzene rings is 10. The smallest absolute Gasteiger partial charge is 0.162 e. The molecule has 4 nitrogen and oxygen atoms in total. The molecule has 0 saturated heterocycles. The summed E-state index contributed by atoms with van der Waals surface area (Å²) in [5, 5.41) is 7.22. The Bertz CT molecular complexity index is 4070. The zero-order chi connectivity index (χ0) is 43.3. The van der Waals surface area contributed by atoms with Gasteiger partial charge in [0, 0.05) is 38.4 Å². The second kappa shape index (κ2) is 14.3. The van der Waals surface area contributed by atoms with Crippen LogP contribution in [0, 0.1) is 0 Å². The molecule has 13 aromatic rings. The van der Waals surface area contributed by atoms with E-state index in [0.717, 1.165) is 56.0 Å². The second-order valence-electron chi connectivity index (χ2n) is 17.3. The fourth-order valence-corrected chi connectivity index (χ4v) is 10.6. The molecule has 10 aromatic carbocycles. The van der Waals surface area contributed by atoms with Crippen molar-refractivity contribution in [2.45, 2.75) is 0 Å². The molecule has 14 rings (SSSR count). The molecule has 1 aliphatic rings. The van der Waals surface area contributed by atoms with Gasteiger partial charge in [-0.3, -0.25) is 4.57 Å². The summed E-state index contributed by atoms with van der Waals surface area (Å²) in [6, 6.07) is 83.4. The van der Waals surface area contributed by atoms with Crippen LogP contribution in [0.25, 0.3) is 133 Å². The molecule has 0 bridgehead atoms. The molecule has 0 aliphatic heterocycles. The van der Waals surface area contributed by atoms with Crippen molar-refractivity contribution in [3.05, 3.63) is 231 Å². The number of rotatable bonds is 6. The van der Waals surface area contributed by atoms with Gasteiger partial charge >= 0.3 is 0 Å². The van der Waals surface area contributed by atoms with Crippen molar-refractivity contribution < 1.29 is 0 Å². The molecule has 0 N–H and O–H groups in total. The minimum atomic E-state index is 0.708. The number of hydrogen-bond donors (Lipinski definition) is 0. The van der Waals surface area contributed by atoms with Crippen molar-refractivity contribution in [1.29, 1.82) is 0 Å². The van der Waals surface area contributed by atoms with Crippen LogP contribution >= 0.6 is 0 Å². The van der Waals surface area contributed by atoms with Gasteiger partial charge in [0.2, 0.25) is 0 Å². The summed E-state index contributed by atoms with van der Waals surface area (Å²) in [7, 11) is 0. The average molecular weight is 839 g/mol. The summed E-state index contributed by atoms with van der Waals surface area (Å²) < 4.78 is 4.79. The normalized spacial score (nSPS) is 11.9. The second-order valence-corrected chi connectivity index (χ2v) is 17.3. The summed E-state index contributed by atoms with van der Waals surface area (Å²) in [5.41, 5.74) is 18.1. The molecule has 306 valence electrons. The van der Waals surface area contributed by atoms with Gasteiger partial charge < -0.3 is 4.57 Å². The van der Waals surface area contributed by atoms with Crippen molar-refractivity contribution in [3.8, 4) is 78.7 Å². The Kier molecular flexibility index (Phi) is 7.95. The minimum absolute atomic E-state index is 0.708. The van der Waals surface area contributed by atoms with E-state index in [0.29, 0.717) is 5.82 Å². The number of nitrogens with zero attached hydrogens (tertiary/aromatic N) is 4. The summed E-state index contributed by atoms with van der Waals surface area (Å²) in [5.74, 6) is 1.59. The van der Waals surface area contributed by atoms with Gasteiger partial charge in [0.25, 0.3) is 0 Å². The largest absolute Gasteiger partial charge is 0.309 e. The topological polar surface area (TPSA) is 35.6 Å². The highest BCUT2D eigenvalue weighted by Gasteiger charge is 2.30. The van der Waals surface area contributed by atoms with Crippen LogP contribution in [0.3, 0.4) is 0 Å². The van der Waals surface area contributed by atoms with Crippen LogP contribution < -0.4 is 0 Å². The van der Waals surface area contributed by atoms with Gasteiger partial charge in [-0.25, -0.2) is 9.97 Å². The molecule has 1 aliphatic carbocycles. The van der Waals surface area contributed by atoms with Crippen LogP contribution in [0.5, 0.6) is 0 Å². The van der Waals surface area contributed by atoms with E-state index in [1.807, 2.05) is 6.07 Å². The maximum atomic E-state index is 5.56. The quantitative estimate of drug-likeness (QED) is 0.167. The summed E-state index contributed by atoms with van der Waals surface area (Å²) in [6.07, 6.45) is 0. The SMILES string of the molecule is c1ccc(-c2ccc3c(c2)c2cc(-c4ccc5c(c4)c4cc(-c6ccccc6)ccc4n5-c4nc(-c5ccccc5)nc5c4-c4cccc6cccc-5c46)ccc2n3-c2ccccc2)cc1. The van der Waals surface area contributed by atoms with E-state index in [1.54, 1.807) is 0 Å². The number of hydrogen-bond acceptors (Lipinski definition) is 2. The van der Waals surface area contributed by atoms with Gasteiger partial charge in [0.05, 0.1) is 33.3 Å². The third-order valence-corrected chi connectivity index (χ3v) is 13.7. The third kappa shape index (κ3) is 5.52. The average Bonchev–Trinajstić information content (AvgIpc) is 4.02. The van der Waals surface area contributed by atoms with Crippen molar-refractivity contribution in [2.75, 3.05) is 0 Å². The highest BCUT2D eigenvalue weighted by atomic mass is 15.1. The van der Waals surface area contributed by atoms with Crippen LogP contribution in [0.1, 0.15) is 0 Å². The van der Waals surface area contributed by atoms with E-state index in [-0.39, 0.29) is 0 Å². The van der Waals surface area contributed by atoms with Gasteiger partial charge in [0.1, 0.15) is 5.82 Å². The molecule has 3 heterocycles. The van der Waals surface area contributed by atoms with E-state index in [9.17, 15) is 0 Å². The lowest BCUT2D eigenvalue weighted by Crippen LogP contribution is -2.04. The molecule has 0 fully saturated rings. The zero-order valence-corrected chi connectivity index (χ0v) is 35.7. The lowest BCUT2D eigenvalue weighted by molar-refractivity contribution is 1.05. The molecular formula is C62H38N4. The van der Waals surface area contributed by atoms with E-state index in [4.69, 9.17) is 9.97 Å². The van der Waals surface area contributed by atoms with E-state index < -0.39 is 0 Å². The van der Waals surface area contributed by atoms with Crippen LogP contribution in [0.2, 0.25) is 0 Å². The fraction of sp³-hybridized carbons (Fsp3) is 0. The Labute approximate surface area is 381 Å². The van der Waals surface area contributed by atoms with Gasteiger partial charge in [-0.15, -0.1) is 0 Å². The maximum absolute atomic E-state index is 5.56. The van der Waals surface area contributed by atoms with E-state index in [2.05, 4.69) is 234 Å². The Hall–Kier alpha value is -8.86. The monoisotopic (exact) mass is 838 g/mol. The minimum Gasteiger partial charge on any atom is -0.309 e. The van der Waals surface area contributed by atoms with Crippen LogP contribution in [0.15, 0.2) is 231 Å². The van der Waals surface area contributed by atoms with E-state index >= 15 is 0 Å². The standard InChI is InChI=1S/C62H38N4/c1-5-15-39(16-6-1)43-27-31-54-50(35-43)51-37-45(29-32-55(51)65(54)47-23-11-4-12-24-47)46-30-34-57-53(38-46)52-36-44(40-17-7-2-8-18-40)28-33-56(52)66(57)62-59-48-25-13-21-41-22-14-26-49(58(41)48)60(59)63-61(64-62)42-19-9-3-10-20-42/h1-38H. The Morgan fingerprint density at radius 3 is 1.23 bits per heavy atom. The molecule has 0 unspecified atom stereocenters. The first-order valence-corrected chi connectivity index (χ1v) is 22.6. The van der Waals surface area contributed by atoms with Gasteiger partial charge in [-0.2, -0.15) is 0 Å². The Morgan fingerprint density at radius 1 is 0.303 bits per heavy atom. The van der Waals surface area contributed by atoms with E-state index in [1.165, 1.54) is 71.2 Å². The van der Waals surface area contributed by atoms with Crippen molar-refractivity contribution in [2.24, 2.45) is 0 Å². The van der Waals surface area contributed by atoms with Crippen molar-refractivity contribution in [1.82, 2.24) is 19.1 Å². The van der Waals surface area contributed by atoms with Crippen LogP contribution in [0.4, 0.5) is 0 Å². The first-order valence-electron chi connectivity index (χ1n) is 22.6. The van der Waals surface area contributed by atoms with Gasteiger partial charge in [-0.1, -0.05) is 170 Å². The van der Waals surface area contributed by atoms with Crippen LogP contribution in [-0.2, 0) is 0 Å². The predicted octanol–water partition coefficient (Wildman–Crippen LogP) is 16.1. The summed E-state index contributed by atoms with van der Waals surface area (Å²) in [4.78, 5) is 10.9.